The molecule has 0 bridgehead atoms. The summed E-state index contributed by atoms with van der Waals surface area (Å²) >= 11 is 1.53. The van der Waals surface area contributed by atoms with Gasteiger partial charge in [-0.3, -0.25) is 4.79 Å². The van der Waals surface area contributed by atoms with Crippen LogP contribution in [0.2, 0.25) is 0 Å². The Morgan fingerprint density at radius 3 is 2.61 bits per heavy atom. The summed E-state index contributed by atoms with van der Waals surface area (Å²) in [5.41, 5.74) is 9.53. The lowest BCUT2D eigenvalue weighted by Crippen LogP contribution is -2.53. The van der Waals surface area contributed by atoms with E-state index >= 15 is 0 Å². The molecule has 1 atom stereocenters. The Morgan fingerprint density at radius 2 is 1.96 bits per heavy atom. The summed E-state index contributed by atoms with van der Waals surface area (Å²) in [6, 6.07) is 10.6. The van der Waals surface area contributed by atoms with Gasteiger partial charge in [0, 0.05) is 24.7 Å². The number of hydrogen-bond donors (Lipinski definition) is 1. The average Bonchev–Trinajstić information content (AvgIpc) is 2.99. The molecule has 2 heterocycles. The highest BCUT2D eigenvalue weighted by atomic mass is 32.1. The molecule has 122 valence electrons. The lowest BCUT2D eigenvalue weighted by Gasteiger charge is -2.42. The first kappa shape index (κ1) is 16.2. The van der Waals surface area contributed by atoms with E-state index in [9.17, 15) is 4.79 Å². The van der Waals surface area contributed by atoms with Crippen molar-refractivity contribution in [2.75, 3.05) is 13.1 Å². The topological polar surface area (TPSA) is 46.3 Å². The third-order valence-electron chi connectivity index (χ3n) is 4.82. The van der Waals surface area contributed by atoms with Crippen LogP contribution < -0.4 is 5.73 Å². The maximum atomic E-state index is 13.0. The molecular weight excluding hydrogens is 304 g/mol. The van der Waals surface area contributed by atoms with Gasteiger partial charge in [0.05, 0.1) is 4.88 Å². The Morgan fingerprint density at radius 1 is 1.26 bits per heavy atom. The van der Waals surface area contributed by atoms with Gasteiger partial charge in [-0.15, -0.1) is 11.3 Å². The van der Waals surface area contributed by atoms with Gasteiger partial charge in [0.15, 0.2) is 0 Å². The Balaban J connectivity index is 1.87. The lowest BCUT2D eigenvalue weighted by atomic mass is 9.79. The number of benzene rings is 1. The highest BCUT2D eigenvalue weighted by Gasteiger charge is 2.36. The fourth-order valence-corrected chi connectivity index (χ4v) is 4.01. The van der Waals surface area contributed by atoms with Crippen LogP contribution in [0, 0.1) is 12.3 Å². The number of amides is 1. The first-order valence-corrected chi connectivity index (χ1v) is 8.96. The van der Waals surface area contributed by atoms with E-state index in [1.807, 2.05) is 16.3 Å². The summed E-state index contributed by atoms with van der Waals surface area (Å²) in [6.45, 7) is 7.83. The molecule has 1 saturated heterocycles. The molecule has 1 aromatic heterocycles. The minimum absolute atomic E-state index is 0.0325. The van der Waals surface area contributed by atoms with E-state index in [1.165, 1.54) is 16.9 Å². The van der Waals surface area contributed by atoms with Crippen LogP contribution >= 0.6 is 11.3 Å². The molecule has 0 spiro atoms. The molecule has 1 aromatic carbocycles. The van der Waals surface area contributed by atoms with Crippen molar-refractivity contribution in [1.29, 1.82) is 0 Å². The molecule has 1 aliphatic rings. The Labute approximate surface area is 142 Å². The fraction of sp³-hybridized carbons (Fsp3) is 0.421. The van der Waals surface area contributed by atoms with E-state index < -0.39 is 0 Å². The van der Waals surface area contributed by atoms with Crippen molar-refractivity contribution in [2.45, 2.75) is 33.2 Å². The minimum Gasteiger partial charge on any atom is -0.337 e. The molecule has 1 fully saturated rings. The molecule has 3 rings (SSSR count). The zero-order valence-electron chi connectivity index (χ0n) is 14.0. The number of aryl methyl sites for hydroxylation is 1. The molecule has 4 heteroatoms. The number of rotatable bonds is 2. The van der Waals surface area contributed by atoms with E-state index in [0.29, 0.717) is 0 Å². The van der Waals surface area contributed by atoms with Crippen LogP contribution in [0.25, 0.3) is 11.1 Å². The van der Waals surface area contributed by atoms with Crippen LogP contribution in [0.4, 0.5) is 0 Å². The van der Waals surface area contributed by atoms with Gasteiger partial charge in [0.25, 0.3) is 5.91 Å². The molecule has 1 unspecified atom stereocenters. The van der Waals surface area contributed by atoms with Crippen molar-refractivity contribution < 1.29 is 4.79 Å². The third kappa shape index (κ3) is 3.19. The van der Waals surface area contributed by atoms with Crippen LogP contribution in [-0.2, 0) is 0 Å². The second-order valence-corrected chi connectivity index (χ2v) is 8.06. The maximum Gasteiger partial charge on any atom is 0.264 e. The molecule has 0 aliphatic carbocycles. The second-order valence-electron chi connectivity index (χ2n) is 7.14. The van der Waals surface area contributed by atoms with Gasteiger partial charge in [-0.25, -0.2) is 0 Å². The molecule has 1 amide bonds. The minimum atomic E-state index is -0.0325. The first-order chi connectivity index (χ1) is 10.9. The smallest absolute Gasteiger partial charge is 0.264 e. The summed E-state index contributed by atoms with van der Waals surface area (Å²) in [4.78, 5) is 15.8. The predicted octanol–water partition coefficient (Wildman–Crippen LogP) is 3.92. The van der Waals surface area contributed by atoms with E-state index in [-0.39, 0.29) is 17.4 Å². The van der Waals surface area contributed by atoms with Crippen molar-refractivity contribution in [3.8, 4) is 11.1 Å². The Kier molecular flexibility index (Phi) is 4.30. The first-order valence-electron chi connectivity index (χ1n) is 8.08. The highest BCUT2D eigenvalue weighted by Crippen LogP contribution is 2.33. The molecule has 2 N–H and O–H groups in total. The predicted molar refractivity (Wildman–Crippen MR) is 96.8 cm³/mol. The fourth-order valence-electron chi connectivity index (χ4n) is 3.13. The summed E-state index contributed by atoms with van der Waals surface area (Å²) in [6.07, 6.45) is 0.865. The third-order valence-corrected chi connectivity index (χ3v) is 5.72. The van der Waals surface area contributed by atoms with Gasteiger partial charge in [0.2, 0.25) is 0 Å². The van der Waals surface area contributed by atoms with E-state index in [1.54, 1.807) is 0 Å². The summed E-state index contributed by atoms with van der Waals surface area (Å²) in [7, 11) is 0. The van der Waals surface area contributed by atoms with Gasteiger partial charge >= 0.3 is 0 Å². The molecule has 0 saturated carbocycles. The van der Waals surface area contributed by atoms with Crippen molar-refractivity contribution in [3.63, 3.8) is 0 Å². The van der Waals surface area contributed by atoms with Crippen LogP contribution in [0.15, 0.2) is 35.7 Å². The van der Waals surface area contributed by atoms with Gasteiger partial charge < -0.3 is 10.6 Å². The van der Waals surface area contributed by atoms with Crippen LogP contribution in [0.5, 0.6) is 0 Å². The normalized spacial score (nSPS) is 20.5. The SMILES string of the molecule is Cc1ccc(-c2ccsc2C(=O)N2CCC(N)C(C)(C)C2)cc1. The van der Waals surface area contributed by atoms with E-state index in [2.05, 4.69) is 45.0 Å². The van der Waals surface area contributed by atoms with Crippen LogP contribution in [0.1, 0.15) is 35.5 Å². The molecule has 3 nitrogen and oxygen atoms in total. The number of thiophene rings is 1. The highest BCUT2D eigenvalue weighted by molar-refractivity contribution is 7.12. The summed E-state index contributed by atoms with van der Waals surface area (Å²) in [5.74, 6) is 0.135. The molecule has 2 aromatic rings. The largest absolute Gasteiger partial charge is 0.337 e. The molecular formula is C19H24N2OS. The van der Waals surface area contributed by atoms with Gasteiger partial charge in [-0.2, -0.15) is 0 Å². The van der Waals surface area contributed by atoms with Crippen LogP contribution in [-0.4, -0.2) is 29.9 Å². The van der Waals surface area contributed by atoms with Gasteiger partial charge in [-0.05, 0) is 35.8 Å². The van der Waals surface area contributed by atoms with Crippen molar-refractivity contribution >= 4 is 17.2 Å². The number of hydrogen-bond acceptors (Lipinski definition) is 3. The average molecular weight is 328 g/mol. The van der Waals surface area contributed by atoms with Gasteiger partial charge in [0.1, 0.15) is 0 Å². The van der Waals surface area contributed by atoms with E-state index in [4.69, 9.17) is 5.73 Å². The van der Waals surface area contributed by atoms with Gasteiger partial charge in [-0.1, -0.05) is 43.7 Å². The molecule has 0 radical (unpaired) electrons. The summed E-state index contributed by atoms with van der Waals surface area (Å²) in [5, 5.41) is 2.00. The quantitative estimate of drug-likeness (QED) is 0.908. The Bertz CT molecular complexity index is 702. The monoisotopic (exact) mass is 328 g/mol. The maximum absolute atomic E-state index is 13.0. The molecule has 23 heavy (non-hydrogen) atoms. The zero-order chi connectivity index (χ0) is 16.6. The zero-order valence-corrected chi connectivity index (χ0v) is 14.8. The second kappa shape index (κ2) is 6.10. The number of piperidine rings is 1. The van der Waals surface area contributed by atoms with Crippen molar-refractivity contribution in [2.24, 2.45) is 11.1 Å². The van der Waals surface area contributed by atoms with E-state index in [0.717, 1.165) is 35.5 Å². The standard InChI is InChI=1S/C19H24N2OS/c1-13-4-6-14(7-5-13)15-9-11-23-17(15)18(22)21-10-8-16(20)19(2,3)12-21/h4-7,9,11,16H,8,10,12,20H2,1-3H3. The number of nitrogens with zero attached hydrogens (tertiary/aromatic N) is 1. The lowest BCUT2D eigenvalue weighted by molar-refractivity contribution is 0.0538. The number of likely N-dealkylation sites (tertiary alicyclic amines) is 1. The number of nitrogens with two attached hydrogens (primary N) is 1. The molecule has 1 aliphatic heterocycles. The summed E-state index contributed by atoms with van der Waals surface area (Å²) < 4.78 is 0. The van der Waals surface area contributed by atoms with Crippen LogP contribution in [0.3, 0.4) is 0 Å². The van der Waals surface area contributed by atoms with Crippen molar-refractivity contribution in [3.05, 3.63) is 46.2 Å². The van der Waals surface area contributed by atoms with Crippen molar-refractivity contribution in [1.82, 2.24) is 4.90 Å². The number of carbonyl (C=O) groups excluding carboxylic acids is 1. The number of carbonyl (C=O) groups is 1. The Hall–Kier alpha value is -1.65.